The van der Waals surface area contributed by atoms with Gasteiger partial charge in [-0.3, -0.25) is 0 Å². The summed E-state index contributed by atoms with van der Waals surface area (Å²) >= 11 is 0. The number of rotatable bonds is 8. The number of carbonyl (C=O) groups is 1. The Kier molecular flexibility index (Phi) is 7.74. The lowest BCUT2D eigenvalue weighted by Crippen LogP contribution is -2.46. The van der Waals surface area contributed by atoms with Crippen molar-refractivity contribution in [1.82, 2.24) is 15.1 Å². The number of nitrogens with zero attached hydrogens (tertiary/aromatic N) is 2. The predicted molar refractivity (Wildman–Crippen MR) is 90.5 cm³/mol. The molecule has 0 spiro atoms. The van der Waals surface area contributed by atoms with Gasteiger partial charge in [0.1, 0.15) is 12.4 Å². The molecule has 0 aliphatic heterocycles. The predicted octanol–water partition coefficient (Wildman–Crippen LogP) is 2.22. The van der Waals surface area contributed by atoms with Gasteiger partial charge in [0.15, 0.2) is 0 Å². The third kappa shape index (κ3) is 6.80. The van der Waals surface area contributed by atoms with Crippen molar-refractivity contribution in [2.24, 2.45) is 0 Å². The molecule has 0 saturated heterocycles. The van der Waals surface area contributed by atoms with Crippen LogP contribution in [-0.2, 0) is 6.42 Å². The first-order valence-corrected chi connectivity index (χ1v) is 7.80. The Labute approximate surface area is 134 Å². The third-order valence-corrected chi connectivity index (χ3v) is 3.36. The van der Waals surface area contributed by atoms with E-state index in [2.05, 4.69) is 23.2 Å². The third-order valence-electron chi connectivity index (χ3n) is 3.36. The Bertz CT molecular complexity index is 463. The standard InChI is InChI=1S/C17H29N3O2/c1-6-15-8-7-9-16(12-15)22-11-10-20(5)17(21)18-14(2)13-19(3)4/h7-9,12,14H,6,10-11,13H2,1-5H3,(H,18,21)/t14-/m1/s1. The Morgan fingerprint density at radius 2 is 2.05 bits per heavy atom. The van der Waals surface area contributed by atoms with Gasteiger partial charge >= 0.3 is 6.03 Å². The summed E-state index contributed by atoms with van der Waals surface area (Å²) in [6, 6.07) is 8.11. The van der Waals surface area contributed by atoms with Gasteiger partial charge in [0.25, 0.3) is 0 Å². The largest absolute Gasteiger partial charge is 0.492 e. The molecule has 124 valence electrons. The summed E-state index contributed by atoms with van der Waals surface area (Å²) < 4.78 is 5.71. The molecular formula is C17H29N3O2. The van der Waals surface area contributed by atoms with Crippen molar-refractivity contribution in [1.29, 1.82) is 0 Å². The fraction of sp³-hybridized carbons (Fsp3) is 0.588. The molecule has 0 aromatic heterocycles. The molecule has 0 aliphatic rings. The van der Waals surface area contributed by atoms with Gasteiger partial charge in [-0.1, -0.05) is 19.1 Å². The fourth-order valence-electron chi connectivity index (χ4n) is 2.17. The van der Waals surface area contributed by atoms with E-state index in [1.54, 1.807) is 11.9 Å². The minimum atomic E-state index is -0.0692. The van der Waals surface area contributed by atoms with Crippen LogP contribution in [0, 0.1) is 0 Å². The topological polar surface area (TPSA) is 44.8 Å². The summed E-state index contributed by atoms with van der Waals surface area (Å²) in [4.78, 5) is 15.7. The maximum Gasteiger partial charge on any atom is 0.317 e. The Morgan fingerprint density at radius 3 is 2.68 bits per heavy atom. The van der Waals surface area contributed by atoms with Gasteiger partial charge in [0, 0.05) is 19.6 Å². The van der Waals surface area contributed by atoms with Crippen molar-refractivity contribution in [3.8, 4) is 5.75 Å². The quantitative estimate of drug-likeness (QED) is 0.801. The van der Waals surface area contributed by atoms with Crippen molar-refractivity contribution >= 4 is 6.03 Å². The molecular weight excluding hydrogens is 278 g/mol. The number of urea groups is 1. The Hall–Kier alpha value is -1.75. The highest BCUT2D eigenvalue weighted by Gasteiger charge is 2.12. The molecule has 1 aromatic carbocycles. The molecule has 22 heavy (non-hydrogen) atoms. The number of amides is 2. The first kappa shape index (κ1) is 18.3. The van der Waals surface area contributed by atoms with Gasteiger partial charge in [0.2, 0.25) is 0 Å². The van der Waals surface area contributed by atoms with Gasteiger partial charge in [0.05, 0.1) is 6.54 Å². The average molecular weight is 307 g/mol. The zero-order valence-electron chi connectivity index (χ0n) is 14.4. The minimum Gasteiger partial charge on any atom is -0.492 e. The number of aryl methyl sites for hydroxylation is 1. The summed E-state index contributed by atoms with van der Waals surface area (Å²) in [5.74, 6) is 0.856. The van der Waals surface area contributed by atoms with Crippen molar-refractivity contribution in [2.75, 3.05) is 40.8 Å². The van der Waals surface area contributed by atoms with Crippen LogP contribution in [0.3, 0.4) is 0 Å². The van der Waals surface area contributed by atoms with E-state index in [0.29, 0.717) is 13.2 Å². The zero-order chi connectivity index (χ0) is 16.5. The summed E-state index contributed by atoms with van der Waals surface area (Å²) in [6.45, 7) is 5.97. The SMILES string of the molecule is CCc1cccc(OCCN(C)C(=O)N[C@H](C)CN(C)C)c1. The van der Waals surface area contributed by atoms with E-state index >= 15 is 0 Å². The molecule has 1 rings (SSSR count). The molecule has 5 heteroatoms. The van der Waals surface area contributed by atoms with Crippen LogP contribution < -0.4 is 10.1 Å². The molecule has 0 unspecified atom stereocenters. The first-order valence-electron chi connectivity index (χ1n) is 7.80. The summed E-state index contributed by atoms with van der Waals surface area (Å²) in [6.07, 6.45) is 0.989. The maximum absolute atomic E-state index is 12.0. The van der Waals surface area contributed by atoms with E-state index in [-0.39, 0.29) is 12.1 Å². The maximum atomic E-state index is 12.0. The number of likely N-dealkylation sites (N-methyl/N-ethyl adjacent to an activating group) is 2. The first-order chi connectivity index (χ1) is 10.4. The normalized spacial score (nSPS) is 12.1. The second-order valence-corrected chi connectivity index (χ2v) is 5.88. The van der Waals surface area contributed by atoms with E-state index < -0.39 is 0 Å². The Balaban J connectivity index is 2.32. The summed E-state index contributed by atoms with van der Waals surface area (Å²) in [7, 11) is 5.76. The molecule has 1 aromatic rings. The molecule has 5 nitrogen and oxygen atoms in total. The molecule has 0 heterocycles. The van der Waals surface area contributed by atoms with Crippen LogP contribution in [0.15, 0.2) is 24.3 Å². The molecule has 0 saturated carbocycles. The van der Waals surface area contributed by atoms with E-state index in [9.17, 15) is 4.79 Å². The molecule has 1 N–H and O–H groups in total. The zero-order valence-corrected chi connectivity index (χ0v) is 14.4. The molecule has 0 aliphatic carbocycles. The van der Waals surface area contributed by atoms with Crippen LogP contribution in [0.1, 0.15) is 19.4 Å². The van der Waals surface area contributed by atoms with Crippen LogP contribution in [0.4, 0.5) is 4.79 Å². The van der Waals surface area contributed by atoms with Crippen LogP contribution in [-0.4, -0.2) is 62.7 Å². The van der Waals surface area contributed by atoms with Crippen molar-refractivity contribution in [3.05, 3.63) is 29.8 Å². The highest BCUT2D eigenvalue weighted by molar-refractivity contribution is 5.74. The lowest BCUT2D eigenvalue weighted by molar-refractivity contribution is 0.190. The van der Waals surface area contributed by atoms with Gasteiger partial charge in [-0.25, -0.2) is 4.79 Å². The number of nitrogens with one attached hydrogen (secondary N) is 1. The van der Waals surface area contributed by atoms with E-state index in [1.165, 1.54) is 5.56 Å². The van der Waals surface area contributed by atoms with Crippen molar-refractivity contribution in [3.63, 3.8) is 0 Å². The number of carbonyl (C=O) groups excluding carboxylic acids is 1. The van der Waals surface area contributed by atoms with Crippen LogP contribution in [0.5, 0.6) is 5.75 Å². The second-order valence-electron chi connectivity index (χ2n) is 5.88. The van der Waals surface area contributed by atoms with Crippen LogP contribution >= 0.6 is 0 Å². The van der Waals surface area contributed by atoms with Crippen LogP contribution in [0.2, 0.25) is 0 Å². The fourth-order valence-corrected chi connectivity index (χ4v) is 2.17. The van der Waals surface area contributed by atoms with E-state index in [1.807, 2.05) is 39.2 Å². The highest BCUT2D eigenvalue weighted by atomic mass is 16.5. The van der Waals surface area contributed by atoms with Gasteiger partial charge in [-0.2, -0.15) is 0 Å². The smallest absolute Gasteiger partial charge is 0.317 e. The van der Waals surface area contributed by atoms with Gasteiger partial charge in [-0.15, -0.1) is 0 Å². The van der Waals surface area contributed by atoms with Crippen molar-refractivity contribution < 1.29 is 9.53 Å². The average Bonchev–Trinajstić information content (AvgIpc) is 2.46. The minimum absolute atomic E-state index is 0.0692. The summed E-state index contributed by atoms with van der Waals surface area (Å²) in [5.41, 5.74) is 1.25. The second kappa shape index (κ2) is 9.30. The Morgan fingerprint density at radius 1 is 1.32 bits per heavy atom. The number of hydrogen-bond acceptors (Lipinski definition) is 3. The lowest BCUT2D eigenvalue weighted by Gasteiger charge is -2.23. The number of benzene rings is 1. The molecule has 0 bridgehead atoms. The summed E-state index contributed by atoms with van der Waals surface area (Å²) in [5, 5.41) is 2.97. The molecule has 1 atom stereocenters. The van der Waals surface area contributed by atoms with Crippen molar-refractivity contribution in [2.45, 2.75) is 26.3 Å². The monoisotopic (exact) mass is 307 g/mol. The van der Waals surface area contributed by atoms with E-state index in [0.717, 1.165) is 18.7 Å². The number of ether oxygens (including phenoxy) is 1. The van der Waals surface area contributed by atoms with Gasteiger partial charge in [-0.05, 0) is 45.1 Å². The molecule has 0 radical (unpaired) electrons. The van der Waals surface area contributed by atoms with E-state index in [4.69, 9.17) is 4.74 Å². The molecule has 2 amide bonds. The highest BCUT2D eigenvalue weighted by Crippen LogP contribution is 2.13. The van der Waals surface area contributed by atoms with Gasteiger partial charge < -0.3 is 19.9 Å². The lowest BCUT2D eigenvalue weighted by atomic mass is 10.2. The van der Waals surface area contributed by atoms with Crippen LogP contribution in [0.25, 0.3) is 0 Å². The number of hydrogen-bond donors (Lipinski definition) is 1. The molecule has 0 fully saturated rings.